The third kappa shape index (κ3) is 5.77. The van der Waals surface area contributed by atoms with Crippen molar-refractivity contribution < 1.29 is 4.79 Å². The van der Waals surface area contributed by atoms with Gasteiger partial charge >= 0.3 is 0 Å². The SMILES string of the molecule is CC/C=C(\C)CN1CC[C@H](CNC(=O)C(C)(C)C)C1. The molecule has 3 nitrogen and oxygen atoms in total. The van der Waals surface area contributed by atoms with Crippen molar-refractivity contribution in [3.8, 4) is 0 Å². The Bertz CT molecular complexity index is 328. The van der Waals surface area contributed by atoms with E-state index in [1.54, 1.807) is 0 Å². The van der Waals surface area contributed by atoms with Crippen LogP contribution in [0, 0.1) is 11.3 Å². The largest absolute Gasteiger partial charge is 0.355 e. The van der Waals surface area contributed by atoms with Crippen LogP contribution < -0.4 is 5.32 Å². The smallest absolute Gasteiger partial charge is 0.225 e. The lowest BCUT2D eigenvalue weighted by molar-refractivity contribution is -0.128. The highest BCUT2D eigenvalue weighted by Gasteiger charge is 2.25. The van der Waals surface area contributed by atoms with Gasteiger partial charge in [-0.05, 0) is 32.2 Å². The highest BCUT2D eigenvalue weighted by Crippen LogP contribution is 2.18. The number of carbonyl (C=O) groups excluding carboxylic acids is 1. The fraction of sp³-hybridized carbons (Fsp3) is 0.812. The number of amides is 1. The molecule has 1 saturated heterocycles. The minimum atomic E-state index is -0.279. The van der Waals surface area contributed by atoms with Gasteiger partial charge in [-0.1, -0.05) is 39.3 Å². The van der Waals surface area contributed by atoms with E-state index in [1.165, 1.54) is 12.0 Å². The van der Waals surface area contributed by atoms with Gasteiger partial charge in [-0.2, -0.15) is 0 Å². The third-order valence-electron chi connectivity index (χ3n) is 3.63. The van der Waals surface area contributed by atoms with Crippen molar-refractivity contribution in [3.05, 3.63) is 11.6 Å². The molecule has 3 heteroatoms. The predicted molar refractivity (Wildman–Crippen MR) is 81.1 cm³/mol. The Morgan fingerprint density at radius 3 is 2.68 bits per heavy atom. The van der Waals surface area contributed by atoms with Crippen molar-refractivity contribution >= 4 is 5.91 Å². The molecule has 1 atom stereocenters. The van der Waals surface area contributed by atoms with Gasteiger partial charge in [-0.3, -0.25) is 9.69 Å². The van der Waals surface area contributed by atoms with Crippen molar-refractivity contribution in [2.75, 3.05) is 26.2 Å². The predicted octanol–water partition coefficient (Wildman–Crippen LogP) is 2.83. The fourth-order valence-electron chi connectivity index (χ4n) is 2.49. The molecule has 0 radical (unpaired) electrons. The van der Waals surface area contributed by atoms with Gasteiger partial charge in [0.05, 0.1) is 0 Å². The summed E-state index contributed by atoms with van der Waals surface area (Å²) in [5.74, 6) is 0.772. The van der Waals surface area contributed by atoms with Crippen LogP contribution in [0.4, 0.5) is 0 Å². The molecule has 0 aliphatic carbocycles. The zero-order valence-electron chi connectivity index (χ0n) is 13.3. The summed E-state index contributed by atoms with van der Waals surface area (Å²) in [6.07, 6.45) is 4.61. The summed E-state index contributed by atoms with van der Waals surface area (Å²) < 4.78 is 0. The molecule has 0 bridgehead atoms. The van der Waals surface area contributed by atoms with E-state index < -0.39 is 0 Å². The summed E-state index contributed by atoms with van der Waals surface area (Å²) in [6.45, 7) is 14.4. The van der Waals surface area contributed by atoms with Crippen LogP contribution in [0.15, 0.2) is 11.6 Å². The van der Waals surface area contributed by atoms with Crippen LogP contribution in [0.25, 0.3) is 0 Å². The molecule has 1 amide bonds. The van der Waals surface area contributed by atoms with Crippen LogP contribution in [-0.4, -0.2) is 37.0 Å². The third-order valence-corrected chi connectivity index (χ3v) is 3.63. The van der Waals surface area contributed by atoms with Crippen molar-refractivity contribution in [2.45, 2.75) is 47.5 Å². The molecule has 0 aromatic rings. The first-order valence-electron chi connectivity index (χ1n) is 7.49. The van der Waals surface area contributed by atoms with Crippen molar-refractivity contribution in [1.29, 1.82) is 0 Å². The fourth-order valence-corrected chi connectivity index (χ4v) is 2.49. The average molecular weight is 266 g/mol. The maximum absolute atomic E-state index is 11.8. The number of rotatable bonds is 5. The molecule has 1 aliphatic rings. The second-order valence-electron chi connectivity index (χ2n) is 6.81. The van der Waals surface area contributed by atoms with Crippen LogP contribution in [-0.2, 0) is 4.79 Å². The molecule has 1 aliphatic heterocycles. The number of hydrogen-bond acceptors (Lipinski definition) is 2. The van der Waals surface area contributed by atoms with Gasteiger partial charge in [0, 0.05) is 25.0 Å². The minimum Gasteiger partial charge on any atom is -0.355 e. The molecule has 1 N–H and O–H groups in total. The summed E-state index contributed by atoms with van der Waals surface area (Å²) in [7, 11) is 0. The Labute approximate surface area is 118 Å². The lowest BCUT2D eigenvalue weighted by Crippen LogP contribution is -2.38. The van der Waals surface area contributed by atoms with Crippen molar-refractivity contribution in [1.82, 2.24) is 10.2 Å². The number of hydrogen-bond donors (Lipinski definition) is 1. The van der Waals surface area contributed by atoms with E-state index in [-0.39, 0.29) is 11.3 Å². The molecule has 0 unspecified atom stereocenters. The first-order valence-corrected chi connectivity index (χ1v) is 7.49. The van der Waals surface area contributed by atoms with Crippen molar-refractivity contribution in [3.63, 3.8) is 0 Å². The molecular weight excluding hydrogens is 236 g/mol. The number of likely N-dealkylation sites (tertiary alicyclic amines) is 1. The summed E-state index contributed by atoms with van der Waals surface area (Å²) in [5, 5.41) is 3.08. The Morgan fingerprint density at radius 1 is 1.42 bits per heavy atom. The molecule has 1 rings (SSSR count). The van der Waals surface area contributed by atoms with Gasteiger partial charge in [0.25, 0.3) is 0 Å². The molecule has 0 saturated carbocycles. The Balaban J connectivity index is 2.29. The lowest BCUT2D eigenvalue weighted by Gasteiger charge is -2.20. The van der Waals surface area contributed by atoms with Crippen molar-refractivity contribution in [2.24, 2.45) is 11.3 Å². The molecule has 1 heterocycles. The maximum atomic E-state index is 11.8. The standard InChI is InChI=1S/C16H30N2O/c1-6-7-13(2)11-18-9-8-14(12-18)10-17-15(19)16(3,4)5/h7,14H,6,8-12H2,1-5H3,(H,17,19)/b13-7+/t14-/m1/s1. The van der Waals surface area contributed by atoms with Crippen LogP contribution in [0.1, 0.15) is 47.5 Å². The molecule has 0 spiro atoms. The van der Waals surface area contributed by atoms with Gasteiger partial charge in [-0.25, -0.2) is 0 Å². The number of nitrogens with one attached hydrogen (secondary N) is 1. The van der Waals surface area contributed by atoms with Gasteiger partial charge in [0.15, 0.2) is 0 Å². The molecular formula is C16H30N2O. The molecule has 1 fully saturated rings. The second-order valence-corrected chi connectivity index (χ2v) is 6.81. The van der Waals surface area contributed by atoms with Crippen LogP contribution in [0.5, 0.6) is 0 Å². The van der Waals surface area contributed by atoms with E-state index >= 15 is 0 Å². The maximum Gasteiger partial charge on any atom is 0.225 e. The highest BCUT2D eigenvalue weighted by atomic mass is 16.2. The summed E-state index contributed by atoms with van der Waals surface area (Å²) >= 11 is 0. The summed E-state index contributed by atoms with van der Waals surface area (Å²) in [4.78, 5) is 14.3. The quantitative estimate of drug-likeness (QED) is 0.776. The van der Waals surface area contributed by atoms with Gasteiger partial charge in [0.1, 0.15) is 0 Å². The number of nitrogens with zero attached hydrogens (tertiary/aromatic N) is 1. The van der Waals surface area contributed by atoms with E-state index in [2.05, 4.69) is 30.1 Å². The summed E-state index contributed by atoms with van der Waals surface area (Å²) in [6, 6.07) is 0. The van der Waals surface area contributed by atoms with E-state index in [0.29, 0.717) is 5.92 Å². The van der Waals surface area contributed by atoms with Crippen LogP contribution >= 0.6 is 0 Å². The van der Waals surface area contributed by atoms with Gasteiger partial charge < -0.3 is 5.32 Å². The van der Waals surface area contributed by atoms with E-state index in [4.69, 9.17) is 0 Å². The van der Waals surface area contributed by atoms with E-state index in [0.717, 1.165) is 32.6 Å². The normalized spacial score (nSPS) is 21.7. The Kier molecular flexibility index (Phi) is 6.05. The monoisotopic (exact) mass is 266 g/mol. The number of allylic oxidation sites excluding steroid dienone is 1. The topological polar surface area (TPSA) is 32.3 Å². The average Bonchev–Trinajstić information content (AvgIpc) is 2.72. The first-order chi connectivity index (χ1) is 8.82. The second kappa shape index (κ2) is 7.09. The summed E-state index contributed by atoms with van der Waals surface area (Å²) in [5.41, 5.74) is 1.18. The van der Waals surface area contributed by atoms with Gasteiger partial charge in [-0.15, -0.1) is 0 Å². The molecule has 0 aromatic carbocycles. The first kappa shape index (κ1) is 16.2. The zero-order chi connectivity index (χ0) is 14.5. The Morgan fingerprint density at radius 2 is 2.11 bits per heavy atom. The molecule has 19 heavy (non-hydrogen) atoms. The zero-order valence-corrected chi connectivity index (χ0v) is 13.3. The molecule has 0 aromatic heterocycles. The van der Waals surface area contributed by atoms with E-state index in [9.17, 15) is 4.79 Å². The lowest BCUT2D eigenvalue weighted by atomic mass is 9.95. The van der Waals surface area contributed by atoms with Crippen LogP contribution in [0.3, 0.4) is 0 Å². The van der Waals surface area contributed by atoms with E-state index in [1.807, 2.05) is 20.8 Å². The minimum absolute atomic E-state index is 0.160. The van der Waals surface area contributed by atoms with Crippen LogP contribution in [0.2, 0.25) is 0 Å². The number of carbonyl (C=O) groups is 1. The van der Waals surface area contributed by atoms with Gasteiger partial charge in [0.2, 0.25) is 5.91 Å². The molecule has 110 valence electrons. The highest BCUT2D eigenvalue weighted by molar-refractivity contribution is 5.81. The Hall–Kier alpha value is -0.830.